The Morgan fingerprint density at radius 1 is 1.53 bits per heavy atom. The second-order valence-corrected chi connectivity index (χ2v) is 3.99. The minimum Gasteiger partial charge on any atom is -0.465 e. The zero-order valence-electron chi connectivity index (χ0n) is 10.0. The van der Waals surface area contributed by atoms with Crippen molar-refractivity contribution in [2.24, 2.45) is 0 Å². The molecule has 1 aliphatic heterocycles. The molecule has 1 aromatic heterocycles. The number of aromatic nitrogens is 1. The molecule has 1 saturated heterocycles. The Hall–Kier alpha value is -1.62. The summed E-state index contributed by atoms with van der Waals surface area (Å²) in [6.07, 6.45) is 2.86. The van der Waals surface area contributed by atoms with E-state index in [1.54, 1.807) is 25.4 Å². The van der Waals surface area contributed by atoms with Crippen molar-refractivity contribution in [3.8, 4) is 0 Å². The molecule has 1 atom stereocenters. The van der Waals surface area contributed by atoms with Crippen LogP contribution in [0.5, 0.6) is 0 Å². The fourth-order valence-electron chi connectivity index (χ4n) is 1.96. The van der Waals surface area contributed by atoms with E-state index in [-0.39, 0.29) is 12.1 Å². The van der Waals surface area contributed by atoms with Crippen molar-refractivity contribution in [1.82, 2.24) is 4.98 Å². The molecule has 0 amide bonds. The number of hydrogen-bond acceptors (Lipinski definition) is 5. The summed E-state index contributed by atoms with van der Waals surface area (Å²) in [7, 11) is 3.09. The van der Waals surface area contributed by atoms with Crippen molar-refractivity contribution in [1.29, 1.82) is 0 Å². The molecule has 92 valence electrons. The van der Waals surface area contributed by atoms with Crippen LogP contribution in [-0.4, -0.2) is 44.4 Å². The van der Waals surface area contributed by atoms with Gasteiger partial charge in [-0.25, -0.2) is 9.78 Å². The third kappa shape index (κ3) is 2.55. The van der Waals surface area contributed by atoms with Crippen LogP contribution in [0.3, 0.4) is 0 Å². The van der Waals surface area contributed by atoms with Crippen LogP contribution >= 0.6 is 0 Å². The number of nitrogens with zero attached hydrogens (tertiary/aromatic N) is 2. The Bertz CT molecular complexity index is 408. The van der Waals surface area contributed by atoms with Crippen molar-refractivity contribution < 1.29 is 14.3 Å². The molecule has 0 aliphatic carbocycles. The topological polar surface area (TPSA) is 51.7 Å². The summed E-state index contributed by atoms with van der Waals surface area (Å²) in [5.41, 5.74) is 0.526. The molecule has 0 spiro atoms. The third-order valence-electron chi connectivity index (χ3n) is 2.97. The van der Waals surface area contributed by atoms with Crippen LogP contribution < -0.4 is 4.90 Å². The van der Waals surface area contributed by atoms with Gasteiger partial charge in [-0.2, -0.15) is 0 Å². The maximum absolute atomic E-state index is 11.4. The number of methoxy groups -OCH3 is 2. The molecule has 5 nitrogen and oxygen atoms in total. The predicted molar refractivity (Wildman–Crippen MR) is 63.2 cm³/mol. The zero-order chi connectivity index (χ0) is 12.3. The molecule has 0 radical (unpaired) electrons. The zero-order valence-corrected chi connectivity index (χ0v) is 10.0. The molecule has 1 aliphatic rings. The predicted octanol–water partition coefficient (Wildman–Crippen LogP) is 1.09. The lowest BCUT2D eigenvalue weighted by Gasteiger charge is -2.17. The van der Waals surface area contributed by atoms with Gasteiger partial charge in [-0.3, -0.25) is 0 Å². The summed E-state index contributed by atoms with van der Waals surface area (Å²) >= 11 is 0. The summed E-state index contributed by atoms with van der Waals surface area (Å²) in [6, 6.07) is 3.41. The lowest BCUT2D eigenvalue weighted by atomic mass is 10.2. The van der Waals surface area contributed by atoms with Gasteiger partial charge in [0, 0.05) is 26.4 Å². The third-order valence-corrected chi connectivity index (χ3v) is 2.97. The summed E-state index contributed by atoms with van der Waals surface area (Å²) in [5, 5.41) is 0. The second kappa shape index (κ2) is 5.14. The van der Waals surface area contributed by atoms with Gasteiger partial charge in [0.1, 0.15) is 5.82 Å². The van der Waals surface area contributed by atoms with E-state index >= 15 is 0 Å². The largest absolute Gasteiger partial charge is 0.465 e. The van der Waals surface area contributed by atoms with E-state index in [2.05, 4.69) is 14.6 Å². The van der Waals surface area contributed by atoms with Crippen LogP contribution in [0, 0.1) is 0 Å². The van der Waals surface area contributed by atoms with Gasteiger partial charge < -0.3 is 14.4 Å². The molecule has 0 bridgehead atoms. The van der Waals surface area contributed by atoms with Crippen molar-refractivity contribution in [3.05, 3.63) is 23.9 Å². The number of rotatable bonds is 3. The fraction of sp³-hybridized carbons (Fsp3) is 0.500. The van der Waals surface area contributed by atoms with E-state index in [9.17, 15) is 4.79 Å². The Kier molecular flexibility index (Phi) is 3.58. The highest BCUT2D eigenvalue weighted by atomic mass is 16.5. The molecule has 0 N–H and O–H groups in total. The van der Waals surface area contributed by atoms with Gasteiger partial charge in [0.25, 0.3) is 0 Å². The smallest absolute Gasteiger partial charge is 0.338 e. The molecule has 0 saturated carbocycles. The Labute approximate surface area is 100 Å². The first kappa shape index (κ1) is 11.9. The molecule has 2 rings (SSSR count). The fourth-order valence-corrected chi connectivity index (χ4v) is 1.96. The number of pyridine rings is 1. The van der Waals surface area contributed by atoms with Gasteiger partial charge in [0.15, 0.2) is 0 Å². The molecule has 1 fully saturated rings. The van der Waals surface area contributed by atoms with Crippen LogP contribution in [0.2, 0.25) is 0 Å². The van der Waals surface area contributed by atoms with Gasteiger partial charge in [-0.15, -0.1) is 0 Å². The van der Waals surface area contributed by atoms with Gasteiger partial charge in [0.2, 0.25) is 0 Å². The van der Waals surface area contributed by atoms with Gasteiger partial charge in [0.05, 0.1) is 18.8 Å². The second-order valence-electron chi connectivity index (χ2n) is 3.99. The van der Waals surface area contributed by atoms with E-state index in [0.29, 0.717) is 5.56 Å². The summed E-state index contributed by atoms with van der Waals surface area (Å²) in [5.74, 6) is 0.462. The Morgan fingerprint density at radius 2 is 2.35 bits per heavy atom. The molecule has 1 aromatic rings. The highest BCUT2D eigenvalue weighted by Crippen LogP contribution is 2.20. The summed E-state index contributed by atoms with van der Waals surface area (Å²) < 4.78 is 9.99. The summed E-state index contributed by atoms with van der Waals surface area (Å²) in [6.45, 7) is 1.71. The monoisotopic (exact) mass is 236 g/mol. The van der Waals surface area contributed by atoms with E-state index < -0.39 is 0 Å². The standard InChI is InChI=1S/C12H16N2O3/c1-16-10-4-6-14(8-10)11-7-9(3-5-13-11)12(15)17-2/h3,5,7,10H,4,6,8H2,1-2H3. The van der Waals surface area contributed by atoms with E-state index in [1.165, 1.54) is 7.11 Å². The SMILES string of the molecule is COC(=O)c1ccnc(N2CCC(OC)C2)c1. The Morgan fingerprint density at radius 3 is 3.00 bits per heavy atom. The maximum atomic E-state index is 11.4. The van der Waals surface area contributed by atoms with Crippen LogP contribution in [0.4, 0.5) is 5.82 Å². The van der Waals surface area contributed by atoms with Gasteiger partial charge >= 0.3 is 5.97 Å². The first-order valence-corrected chi connectivity index (χ1v) is 5.56. The average molecular weight is 236 g/mol. The maximum Gasteiger partial charge on any atom is 0.338 e. The number of ether oxygens (including phenoxy) is 2. The molecule has 2 heterocycles. The number of anilines is 1. The molecular formula is C12H16N2O3. The average Bonchev–Trinajstić information content (AvgIpc) is 2.86. The molecule has 5 heteroatoms. The highest BCUT2D eigenvalue weighted by Gasteiger charge is 2.23. The molecule has 1 unspecified atom stereocenters. The van der Waals surface area contributed by atoms with Gasteiger partial charge in [-0.1, -0.05) is 0 Å². The van der Waals surface area contributed by atoms with E-state index in [1.807, 2.05) is 0 Å². The van der Waals surface area contributed by atoms with Crippen molar-refractivity contribution in [3.63, 3.8) is 0 Å². The number of esters is 1. The van der Waals surface area contributed by atoms with Crippen LogP contribution in [-0.2, 0) is 9.47 Å². The van der Waals surface area contributed by atoms with E-state index in [4.69, 9.17) is 4.74 Å². The normalized spacial score (nSPS) is 19.4. The minimum absolute atomic E-state index is 0.249. The summed E-state index contributed by atoms with van der Waals surface area (Å²) in [4.78, 5) is 17.8. The first-order valence-electron chi connectivity index (χ1n) is 5.56. The van der Waals surface area contributed by atoms with Crippen molar-refractivity contribution >= 4 is 11.8 Å². The molecular weight excluding hydrogens is 220 g/mol. The van der Waals surface area contributed by atoms with Gasteiger partial charge in [-0.05, 0) is 18.6 Å². The lowest BCUT2D eigenvalue weighted by molar-refractivity contribution is 0.0600. The first-order chi connectivity index (χ1) is 8.24. The van der Waals surface area contributed by atoms with Crippen molar-refractivity contribution in [2.45, 2.75) is 12.5 Å². The molecule has 0 aromatic carbocycles. The Balaban J connectivity index is 2.14. The quantitative estimate of drug-likeness (QED) is 0.735. The van der Waals surface area contributed by atoms with Crippen LogP contribution in [0.1, 0.15) is 16.8 Å². The number of hydrogen-bond donors (Lipinski definition) is 0. The lowest BCUT2D eigenvalue weighted by Crippen LogP contribution is -2.23. The van der Waals surface area contributed by atoms with E-state index in [0.717, 1.165) is 25.3 Å². The number of carbonyl (C=O) groups is 1. The highest BCUT2D eigenvalue weighted by molar-refractivity contribution is 5.90. The number of carbonyl (C=O) groups excluding carboxylic acids is 1. The van der Waals surface area contributed by atoms with Crippen LogP contribution in [0.15, 0.2) is 18.3 Å². The minimum atomic E-state index is -0.337. The van der Waals surface area contributed by atoms with Crippen molar-refractivity contribution in [2.75, 3.05) is 32.2 Å². The molecule has 17 heavy (non-hydrogen) atoms. The van der Waals surface area contributed by atoms with Crippen LogP contribution in [0.25, 0.3) is 0 Å².